The molecular weight excluding hydrogens is 176 g/mol. The summed E-state index contributed by atoms with van der Waals surface area (Å²) in [6.07, 6.45) is 5.27. The van der Waals surface area contributed by atoms with Crippen LogP contribution in [0.3, 0.4) is 0 Å². The first-order valence-electron chi connectivity index (χ1n) is 5.81. The number of hydrogen-bond donors (Lipinski definition) is 2. The van der Waals surface area contributed by atoms with Crippen molar-refractivity contribution in [3.05, 3.63) is 0 Å². The van der Waals surface area contributed by atoms with Crippen molar-refractivity contribution < 1.29 is 4.74 Å². The first-order chi connectivity index (χ1) is 6.77. The SMILES string of the molecule is CCOCC(NN)C1CCC(C)CC1. The van der Waals surface area contributed by atoms with Crippen LogP contribution >= 0.6 is 0 Å². The molecule has 0 saturated heterocycles. The summed E-state index contributed by atoms with van der Waals surface area (Å²) in [5.41, 5.74) is 2.90. The fraction of sp³-hybridized carbons (Fsp3) is 1.00. The number of rotatable bonds is 5. The molecular formula is C11H24N2O. The Hall–Kier alpha value is -0.120. The predicted octanol–water partition coefficient (Wildman–Crippen LogP) is 1.68. The molecule has 0 amide bonds. The Bertz CT molecular complexity index is 141. The molecule has 3 heteroatoms. The molecule has 1 aliphatic rings. The molecule has 0 bridgehead atoms. The number of nitrogens with one attached hydrogen (secondary N) is 1. The zero-order chi connectivity index (χ0) is 10.4. The lowest BCUT2D eigenvalue weighted by Gasteiger charge is -2.32. The molecule has 0 aromatic rings. The Kier molecular flexibility index (Phi) is 5.45. The number of ether oxygens (including phenoxy) is 1. The quantitative estimate of drug-likeness (QED) is 0.524. The molecule has 1 rings (SSSR count). The molecule has 1 aliphatic carbocycles. The summed E-state index contributed by atoms with van der Waals surface area (Å²) in [5.74, 6) is 7.16. The average Bonchev–Trinajstić information content (AvgIpc) is 2.21. The number of hydrogen-bond acceptors (Lipinski definition) is 3. The van der Waals surface area contributed by atoms with Gasteiger partial charge >= 0.3 is 0 Å². The largest absolute Gasteiger partial charge is 0.380 e. The van der Waals surface area contributed by atoms with E-state index in [0.717, 1.165) is 19.1 Å². The van der Waals surface area contributed by atoms with Crippen molar-refractivity contribution in [1.29, 1.82) is 0 Å². The van der Waals surface area contributed by atoms with Crippen molar-refractivity contribution in [2.45, 2.75) is 45.6 Å². The summed E-state index contributed by atoms with van der Waals surface area (Å²) in [5, 5.41) is 0. The molecule has 3 N–H and O–H groups in total. The second kappa shape index (κ2) is 6.38. The van der Waals surface area contributed by atoms with Gasteiger partial charge in [-0.25, -0.2) is 0 Å². The Balaban J connectivity index is 2.29. The van der Waals surface area contributed by atoms with Gasteiger partial charge in [0, 0.05) is 12.6 Å². The van der Waals surface area contributed by atoms with E-state index in [1.807, 2.05) is 6.92 Å². The summed E-state index contributed by atoms with van der Waals surface area (Å²) in [7, 11) is 0. The van der Waals surface area contributed by atoms with Crippen LogP contribution in [0.5, 0.6) is 0 Å². The van der Waals surface area contributed by atoms with Crippen LogP contribution in [0.4, 0.5) is 0 Å². The molecule has 1 fully saturated rings. The normalized spacial score (nSPS) is 30.2. The van der Waals surface area contributed by atoms with E-state index in [-0.39, 0.29) is 0 Å². The minimum atomic E-state index is 0.349. The van der Waals surface area contributed by atoms with Crippen molar-refractivity contribution >= 4 is 0 Å². The number of hydrazine groups is 1. The van der Waals surface area contributed by atoms with Gasteiger partial charge in [-0.15, -0.1) is 0 Å². The van der Waals surface area contributed by atoms with Crippen molar-refractivity contribution in [3.8, 4) is 0 Å². The lowest BCUT2D eigenvalue weighted by molar-refractivity contribution is 0.0887. The molecule has 0 spiro atoms. The van der Waals surface area contributed by atoms with Gasteiger partial charge < -0.3 is 4.74 Å². The van der Waals surface area contributed by atoms with Crippen LogP contribution in [0, 0.1) is 11.8 Å². The molecule has 1 atom stereocenters. The fourth-order valence-corrected chi connectivity index (χ4v) is 2.25. The van der Waals surface area contributed by atoms with Gasteiger partial charge in [0.25, 0.3) is 0 Å². The van der Waals surface area contributed by atoms with E-state index < -0.39 is 0 Å². The Labute approximate surface area is 87.4 Å². The summed E-state index contributed by atoms with van der Waals surface area (Å²) in [6.45, 7) is 5.90. The van der Waals surface area contributed by atoms with Crippen molar-refractivity contribution in [2.75, 3.05) is 13.2 Å². The molecule has 0 aromatic carbocycles. The second-order valence-electron chi connectivity index (χ2n) is 4.45. The molecule has 1 saturated carbocycles. The van der Waals surface area contributed by atoms with Gasteiger partial charge in [0.15, 0.2) is 0 Å². The molecule has 1 unspecified atom stereocenters. The van der Waals surface area contributed by atoms with E-state index in [1.165, 1.54) is 25.7 Å². The smallest absolute Gasteiger partial charge is 0.0635 e. The monoisotopic (exact) mass is 200 g/mol. The highest BCUT2D eigenvalue weighted by atomic mass is 16.5. The minimum absolute atomic E-state index is 0.349. The Morgan fingerprint density at radius 3 is 2.50 bits per heavy atom. The summed E-state index contributed by atoms with van der Waals surface area (Å²) < 4.78 is 5.42. The van der Waals surface area contributed by atoms with Gasteiger partial charge in [-0.3, -0.25) is 11.3 Å². The topological polar surface area (TPSA) is 47.3 Å². The van der Waals surface area contributed by atoms with Gasteiger partial charge in [0.2, 0.25) is 0 Å². The zero-order valence-corrected chi connectivity index (χ0v) is 9.46. The van der Waals surface area contributed by atoms with E-state index in [4.69, 9.17) is 10.6 Å². The highest BCUT2D eigenvalue weighted by molar-refractivity contribution is 4.79. The average molecular weight is 200 g/mol. The van der Waals surface area contributed by atoms with Crippen LogP contribution in [-0.2, 0) is 4.74 Å². The maximum Gasteiger partial charge on any atom is 0.0635 e. The van der Waals surface area contributed by atoms with Crippen LogP contribution in [0.15, 0.2) is 0 Å². The van der Waals surface area contributed by atoms with Gasteiger partial charge in [-0.05, 0) is 31.6 Å². The van der Waals surface area contributed by atoms with Crippen molar-refractivity contribution in [2.24, 2.45) is 17.7 Å². The van der Waals surface area contributed by atoms with Crippen LogP contribution in [0.25, 0.3) is 0 Å². The van der Waals surface area contributed by atoms with Gasteiger partial charge in [-0.2, -0.15) is 0 Å². The van der Waals surface area contributed by atoms with E-state index in [2.05, 4.69) is 12.3 Å². The standard InChI is InChI=1S/C11H24N2O/c1-3-14-8-11(13-12)10-6-4-9(2)5-7-10/h9-11,13H,3-8,12H2,1-2H3. The molecule has 84 valence electrons. The van der Waals surface area contributed by atoms with Crippen LogP contribution in [0.1, 0.15) is 39.5 Å². The second-order valence-corrected chi connectivity index (χ2v) is 4.45. The molecule has 3 nitrogen and oxygen atoms in total. The van der Waals surface area contributed by atoms with E-state index in [0.29, 0.717) is 12.0 Å². The highest BCUT2D eigenvalue weighted by Crippen LogP contribution is 2.30. The molecule has 0 aromatic heterocycles. The summed E-state index contributed by atoms with van der Waals surface area (Å²) in [6, 6.07) is 0.349. The third-order valence-corrected chi connectivity index (χ3v) is 3.35. The highest BCUT2D eigenvalue weighted by Gasteiger charge is 2.25. The van der Waals surface area contributed by atoms with Crippen molar-refractivity contribution in [1.82, 2.24) is 5.43 Å². The number of nitrogens with two attached hydrogens (primary N) is 1. The maximum atomic E-state index is 5.55. The fourth-order valence-electron chi connectivity index (χ4n) is 2.25. The van der Waals surface area contributed by atoms with Gasteiger partial charge in [-0.1, -0.05) is 19.8 Å². The summed E-state index contributed by atoms with van der Waals surface area (Å²) in [4.78, 5) is 0. The van der Waals surface area contributed by atoms with E-state index in [1.54, 1.807) is 0 Å². The third-order valence-electron chi connectivity index (χ3n) is 3.35. The van der Waals surface area contributed by atoms with E-state index in [9.17, 15) is 0 Å². The van der Waals surface area contributed by atoms with Crippen LogP contribution < -0.4 is 11.3 Å². The first kappa shape index (κ1) is 12.0. The molecule has 14 heavy (non-hydrogen) atoms. The Morgan fingerprint density at radius 1 is 1.36 bits per heavy atom. The molecule has 0 radical (unpaired) electrons. The molecule has 0 heterocycles. The van der Waals surface area contributed by atoms with Gasteiger partial charge in [0.1, 0.15) is 0 Å². The van der Waals surface area contributed by atoms with Crippen LogP contribution in [-0.4, -0.2) is 19.3 Å². The minimum Gasteiger partial charge on any atom is -0.380 e. The lowest BCUT2D eigenvalue weighted by Crippen LogP contribution is -2.45. The van der Waals surface area contributed by atoms with Crippen molar-refractivity contribution in [3.63, 3.8) is 0 Å². The first-order valence-corrected chi connectivity index (χ1v) is 5.81. The lowest BCUT2D eigenvalue weighted by atomic mass is 9.79. The van der Waals surface area contributed by atoms with E-state index >= 15 is 0 Å². The van der Waals surface area contributed by atoms with Gasteiger partial charge in [0.05, 0.1) is 6.61 Å². The predicted molar refractivity (Wildman–Crippen MR) is 58.7 cm³/mol. The zero-order valence-electron chi connectivity index (χ0n) is 9.46. The summed E-state index contributed by atoms with van der Waals surface area (Å²) >= 11 is 0. The third kappa shape index (κ3) is 3.56. The molecule has 0 aliphatic heterocycles. The maximum absolute atomic E-state index is 5.55. The Morgan fingerprint density at radius 2 is 2.00 bits per heavy atom. The van der Waals surface area contributed by atoms with Crippen LogP contribution in [0.2, 0.25) is 0 Å².